The molecule has 4 aliphatic rings. The molecule has 7 heteroatoms. The smallest absolute Gasteiger partial charge is 0.380 e. The predicted octanol–water partition coefficient (Wildman–Crippen LogP) is 8.70. The van der Waals surface area contributed by atoms with Crippen molar-refractivity contribution in [1.29, 1.82) is 0 Å². The van der Waals surface area contributed by atoms with Crippen LogP contribution in [0.5, 0.6) is 0 Å². The number of alkyl halides is 6. The third-order valence-electron chi connectivity index (χ3n) is 11.4. The highest BCUT2D eigenvalue weighted by Gasteiger charge is 2.65. The minimum absolute atomic E-state index is 0.0803. The van der Waals surface area contributed by atoms with E-state index in [2.05, 4.69) is 20.8 Å². The first-order valence-corrected chi connectivity index (χ1v) is 13.5. The van der Waals surface area contributed by atoms with Gasteiger partial charge in [0, 0.05) is 6.42 Å². The molecule has 0 spiro atoms. The van der Waals surface area contributed by atoms with Gasteiger partial charge in [-0.3, -0.25) is 0 Å². The maximum atomic E-state index is 13.6. The number of hydrogen-bond donors (Lipinski definition) is 1. The van der Waals surface area contributed by atoms with Crippen molar-refractivity contribution in [2.45, 2.75) is 122 Å². The van der Waals surface area contributed by atoms with Crippen molar-refractivity contribution in [3.8, 4) is 0 Å². The molecule has 4 saturated carbocycles. The van der Waals surface area contributed by atoms with E-state index in [4.69, 9.17) is 0 Å². The van der Waals surface area contributed by atoms with E-state index in [1.165, 1.54) is 0 Å². The van der Waals surface area contributed by atoms with Crippen molar-refractivity contribution in [1.82, 2.24) is 0 Å². The van der Waals surface area contributed by atoms with E-state index >= 15 is 0 Å². The Morgan fingerprint density at radius 1 is 0.824 bits per heavy atom. The van der Waals surface area contributed by atoms with Crippen molar-refractivity contribution in [3.05, 3.63) is 0 Å². The Hall–Kier alpha value is -0.460. The van der Waals surface area contributed by atoms with Crippen LogP contribution in [0.2, 0.25) is 0 Å². The fourth-order valence-electron chi connectivity index (χ4n) is 9.47. The lowest BCUT2D eigenvalue weighted by atomic mass is 9.43. The number of halogens is 6. The number of aliphatic hydroxyl groups is 1. The molecule has 34 heavy (non-hydrogen) atoms. The van der Waals surface area contributed by atoms with E-state index in [1.807, 2.05) is 0 Å². The van der Waals surface area contributed by atoms with Gasteiger partial charge in [0.25, 0.3) is 0 Å². The second kappa shape index (κ2) is 8.83. The first-order chi connectivity index (χ1) is 15.6. The molecule has 1 N–H and O–H groups in total. The topological polar surface area (TPSA) is 20.2 Å². The summed E-state index contributed by atoms with van der Waals surface area (Å²) in [6.07, 6.45) is -1.49. The predicted molar refractivity (Wildman–Crippen MR) is 120 cm³/mol. The van der Waals surface area contributed by atoms with Gasteiger partial charge in [0.2, 0.25) is 0 Å². The molecule has 198 valence electrons. The second-order valence-electron chi connectivity index (χ2n) is 13.0. The van der Waals surface area contributed by atoms with Gasteiger partial charge in [0.15, 0.2) is 5.60 Å². The summed E-state index contributed by atoms with van der Waals surface area (Å²) < 4.78 is 78.2. The highest BCUT2D eigenvalue weighted by Crippen LogP contribution is 2.69. The SMILES string of the molecule is C[C@H](CCCCC(F)(F)F)[C@H]1CC[C@H]2[C@@H]3CC[C@H]4C[C@](O)(C(F)(F)F)CC[C@]4(C)[C@H]3CC[C@]12C. The number of rotatable bonds is 5. The van der Waals surface area contributed by atoms with E-state index in [0.29, 0.717) is 42.4 Å². The fraction of sp³-hybridized carbons (Fsp3) is 1.00. The Bertz CT molecular complexity index is 734. The Balaban J connectivity index is 1.42. The first kappa shape index (κ1) is 26.6. The van der Waals surface area contributed by atoms with Crippen LogP contribution in [0.25, 0.3) is 0 Å². The molecule has 0 amide bonds. The summed E-state index contributed by atoms with van der Waals surface area (Å²) in [4.78, 5) is 0. The monoisotopic (exact) mass is 496 g/mol. The summed E-state index contributed by atoms with van der Waals surface area (Å²) in [5.41, 5.74) is -2.48. The van der Waals surface area contributed by atoms with Gasteiger partial charge in [0.1, 0.15) is 0 Å². The van der Waals surface area contributed by atoms with E-state index in [9.17, 15) is 31.4 Å². The maximum Gasteiger partial charge on any atom is 0.417 e. The van der Waals surface area contributed by atoms with Crippen LogP contribution in [0.15, 0.2) is 0 Å². The first-order valence-electron chi connectivity index (χ1n) is 13.5. The molecule has 0 aromatic heterocycles. The summed E-state index contributed by atoms with van der Waals surface area (Å²) >= 11 is 0. The maximum absolute atomic E-state index is 13.6. The quantitative estimate of drug-likeness (QED) is 0.298. The summed E-state index contributed by atoms with van der Waals surface area (Å²) in [7, 11) is 0. The second-order valence-corrected chi connectivity index (χ2v) is 13.0. The van der Waals surface area contributed by atoms with Crippen LogP contribution < -0.4 is 0 Å². The lowest BCUT2D eigenvalue weighted by Gasteiger charge is -2.62. The summed E-state index contributed by atoms with van der Waals surface area (Å²) in [6, 6.07) is 0. The molecular weight excluding hydrogens is 454 g/mol. The van der Waals surface area contributed by atoms with Gasteiger partial charge in [-0.05, 0) is 111 Å². The molecule has 4 fully saturated rings. The van der Waals surface area contributed by atoms with Gasteiger partial charge >= 0.3 is 12.4 Å². The van der Waals surface area contributed by atoms with Gasteiger partial charge in [-0.1, -0.05) is 33.6 Å². The lowest BCUT2D eigenvalue weighted by Crippen LogP contribution is -2.59. The zero-order valence-electron chi connectivity index (χ0n) is 20.9. The Kier molecular flexibility index (Phi) is 6.91. The molecule has 4 aliphatic carbocycles. The van der Waals surface area contributed by atoms with Crippen LogP contribution in [0.1, 0.15) is 104 Å². The van der Waals surface area contributed by atoms with Crippen LogP contribution >= 0.6 is 0 Å². The fourth-order valence-corrected chi connectivity index (χ4v) is 9.47. The highest BCUT2D eigenvalue weighted by atomic mass is 19.4. The van der Waals surface area contributed by atoms with Crippen molar-refractivity contribution in [2.24, 2.45) is 46.3 Å². The number of fused-ring (bicyclic) bond motifs is 5. The average molecular weight is 497 g/mol. The van der Waals surface area contributed by atoms with E-state index in [0.717, 1.165) is 44.9 Å². The van der Waals surface area contributed by atoms with Gasteiger partial charge in [-0.15, -0.1) is 0 Å². The van der Waals surface area contributed by atoms with Crippen LogP contribution in [0.4, 0.5) is 26.3 Å². The van der Waals surface area contributed by atoms with Crippen LogP contribution in [-0.4, -0.2) is 23.1 Å². The highest BCUT2D eigenvalue weighted by molar-refractivity contribution is 5.11. The molecule has 0 heterocycles. The molecule has 0 saturated heterocycles. The summed E-state index contributed by atoms with van der Waals surface area (Å²) in [6.45, 7) is 6.81. The minimum Gasteiger partial charge on any atom is -0.380 e. The molecule has 0 aliphatic heterocycles. The number of unbranched alkanes of at least 4 members (excludes halogenated alkanes) is 1. The number of hydrogen-bond acceptors (Lipinski definition) is 1. The normalized spacial score (nSPS) is 45.9. The standard InChI is InChI=1S/C27H42F6O/c1-17(6-4-5-12-26(28,29)30)20-9-10-21-19-8-7-18-16-25(34,27(31,32)33)15-14-23(18,2)22(19)11-13-24(20,21)3/h17-22,34H,4-16H2,1-3H3/t17-,18+,19+,20-,21+,22+,23+,24-,25+/m1/s1. The molecule has 4 rings (SSSR count). The van der Waals surface area contributed by atoms with E-state index < -0.39 is 24.4 Å². The zero-order valence-corrected chi connectivity index (χ0v) is 20.9. The molecule has 9 atom stereocenters. The van der Waals surface area contributed by atoms with Crippen LogP contribution in [0.3, 0.4) is 0 Å². The van der Waals surface area contributed by atoms with Gasteiger partial charge in [-0.25, -0.2) is 0 Å². The van der Waals surface area contributed by atoms with E-state index in [-0.39, 0.29) is 36.0 Å². The Morgan fingerprint density at radius 2 is 1.50 bits per heavy atom. The van der Waals surface area contributed by atoms with Crippen molar-refractivity contribution >= 4 is 0 Å². The third kappa shape index (κ3) is 4.53. The van der Waals surface area contributed by atoms with Crippen molar-refractivity contribution in [2.75, 3.05) is 0 Å². The third-order valence-corrected chi connectivity index (χ3v) is 11.4. The molecule has 0 bridgehead atoms. The Labute approximate surface area is 200 Å². The summed E-state index contributed by atoms with van der Waals surface area (Å²) in [5, 5.41) is 10.4. The molecule has 0 aromatic carbocycles. The van der Waals surface area contributed by atoms with Crippen LogP contribution in [-0.2, 0) is 0 Å². The lowest BCUT2D eigenvalue weighted by molar-refractivity contribution is -0.290. The van der Waals surface area contributed by atoms with Gasteiger partial charge < -0.3 is 5.11 Å². The zero-order chi connectivity index (χ0) is 25.2. The largest absolute Gasteiger partial charge is 0.417 e. The van der Waals surface area contributed by atoms with Crippen LogP contribution in [0, 0.1) is 46.3 Å². The molecule has 0 aromatic rings. The molecular formula is C27H42F6O. The molecule has 1 nitrogen and oxygen atoms in total. The van der Waals surface area contributed by atoms with Crippen molar-refractivity contribution < 1.29 is 31.4 Å². The average Bonchev–Trinajstić information content (AvgIpc) is 3.07. The Morgan fingerprint density at radius 3 is 2.15 bits per heavy atom. The summed E-state index contributed by atoms with van der Waals surface area (Å²) in [5.74, 6) is 2.36. The molecule has 0 unspecified atom stereocenters. The van der Waals surface area contributed by atoms with Crippen molar-refractivity contribution in [3.63, 3.8) is 0 Å². The minimum atomic E-state index is -4.56. The van der Waals surface area contributed by atoms with E-state index in [1.54, 1.807) is 0 Å². The van der Waals surface area contributed by atoms with Gasteiger partial charge in [0.05, 0.1) is 0 Å². The molecule has 0 radical (unpaired) electrons. The van der Waals surface area contributed by atoms with Gasteiger partial charge in [-0.2, -0.15) is 26.3 Å².